The van der Waals surface area contributed by atoms with Gasteiger partial charge in [-0.2, -0.15) is 0 Å². The van der Waals surface area contributed by atoms with Crippen LogP contribution in [0.2, 0.25) is 0 Å². The topological polar surface area (TPSA) is 99.2 Å². The summed E-state index contributed by atoms with van der Waals surface area (Å²) in [5.74, 6) is 1.42. The van der Waals surface area contributed by atoms with Crippen molar-refractivity contribution in [2.45, 2.75) is 18.7 Å². The van der Waals surface area contributed by atoms with Crippen LogP contribution in [-0.2, 0) is 13.7 Å². The first-order chi connectivity index (χ1) is 13.5. The lowest BCUT2D eigenvalue weighted by molar-refractivity contribution is 0.0945. The summed E-state index contributed by atoms with van der Waals surface area (Å²) in [5, 5.41) is 7.46. The van der Waals surface area contributed by atoms with Crippen LogP contribution in [0, 0.1) is 0 Å². The Labute approximate surface area is 166 Å². The zero-order valence-corrected chi connectivity index (χ0v) is 16.4. The van der Waals surface area contributed by atoms with E-state index in [4.69, 9.17) is 9.26 Å². The molecular formula is C19H20N4O4S. The molecule has 146 valence electrons. The Morgan fingerprint density at radius 1 is 1.29 bits per heavy atom. The Hall–Kier alpha value is -3.07. The van der Waals surface area contributed by atoms with Crippen molar-refractivity contribution in [3.63, 3.8) is 0 Å². The minimum absolute atomic E-state index is 0.00393. The number of hydrogen-bond acceptors (Lipinski definition) is 7. The van der Waals surface area contributed by atoms with E-state index < -0.39 is 0 Å². The number of carbonyl (C=O) groups is 2. The maximum Gasteiger partial charge on any atom is 0.273 e. The first-order valence-corrected chi connectivity index (χ1v) is 9.59. The van der Waals surface area contributed by atoms with Gasteiger partial charge in [0.05, 0.1) is 0 Å². The Balaban J connectivity index is 1.43. The molecule has 9 heteroatoms. The average molecular weight is 400 g/mol. The second kappa shape index (κ2) is 9.23. The van der Waals surface area contributed by atoms with Gasteiger partial charge in [-0.3, -0.25) is 9.59 Å². The number of amides is 1. The highest BCUT2D eigenvalue weighted by molar-refractivity contribution is 7.99. The number of ketones is 1. The molecule has 3 rings (SSSR count). The molecule has 2 aromatic heterocycles. The van der Waals surface area contributed by atoms with E-state index in [1.54, 1.807) is 48.3 Å². The molecule has 0 aliphatic carbocycles. The molecule has 0 bridgehead atoms. The van der Waals surface area contributed by atoms with Gasteiger partial charge in [-0.15, -0.1) is 0 Å². The van der Waals surface area contributed by atoms with Gasteiger partial charge in [0.25, 0.3) is 5.91 Å². The summed E-state index contributed by atoms with van der Waals surface area (Å²) in [4.78, 5) is 27.6. The fourth-order valence-electron chi connectivity index (χ4n) is 2.32. The van der Waals surface area contributed by atoms with Gasteiger partial charge in [-0.1, -0.05) is 16.9 Å². The Kier molecular flexibility index (Phi) is 6.49. The SMILES string of the molecule is CC(=O)c1ccc(OCc2cc(C(=O)NCCSc3nccn3C)no2)cc1. The molecule has 0 saturated carbocycles. The van der Waals surface area contributed by atoms with Crippen LogP contribution in [0.1, 0.15) is 33.5 Å². The van der Waals surface area contributed by atoms with Crippen molar-refractivity contribution in [1.29, 1.82) is 0 Å². The summed E-state index contributed by atoms with van der Waals surface area (Å²) in [6.45, 7) is 2.13. The molecule has 1 N–H and O–H groups in total. The second-order valence-corrected chi connectivity index (χ2v) is 7.03. The van der Waals surface area contributed by atoms with Gasteiger partial charge >= 0.3 is 0 Å². The van der Waals surface area contributed by atoms with Gasteiger partial charge in [0, 0.05) is 43.4 Å². The smallest absolute Gasteiger partial charge is 0.273 e. The number of nitrogens with zero attached hydrogens (tertiary/aromatic N) is 3. The van der Waals surface area contributed by atoms with E-state index in [9.17, 15) is 9.59 Å². The number of benzene rings is 1. The van der Waals surface area contributed by atoms with Gasteiger partial charge in [0.2, 0.25) is 0 Å². The zero-order chi connectivity index (χ0) is 19.9. The number of hydrogen-bond donors (Lipinski definition) is 1. The number of imidazole rings is 1. The number of ether oxygens (including phenoxy) is 1. The fraction of sp³-hybridized carbons (Fsp3) is 0.263. The monoisotopic (exact) mass is 400 g/mol. The van der Waals surface area contributed by atoms with Gasteiger partial charge in [-0.05, 0) is 31.2 Å². The molecule has 0 spiro atoms. The molecule has 0 aliphatic heterocycles. The summed E-state index contributed by atoms with van der Waals surface area (Å²) in [6, 6.07) is 8.35. The van der Waals surface area contributed by atoms with Gasteiger partial charge < -0.3 is 19.1 Å². The third kappa shape index (κ3) is 5.23. The number of Topliss-reactive ketones (excluding diaryl/α,β-unsaturated/α-hetero) is 1. The molecule has 0 unspecified atom stereocenters. The van der Waals surface area contributed by atoms with E-state index in [2.05, 4.69) is 15.5 Å². The van der Waals surface area contributed by atoms with E-state index in [1.807, 2.05) is 17.8 Å². The van der Waals surface area contributed by atoms with Crippen molar-refractivity contribution in [2.75, 3.05) is 12.3 Å². The Bertz CT molecular complexity index is 949. The summed E-state index contributed by atoms with van der Waals surface area (Å²) >= 11 is 1.56. The van der Waals surface area contributed by atoms with Crippen LogP contribution in [-0.4, -0.2) is 38.7 Å². The summed E-state index contributed by atoms with van der Waals surface area (Å²) < 4.78 is 12.6. The number of nitrogens with one attached hydrogen (secondary N) is 1. The van der Waals surface area contributed by atoms with Gasteiger partial charge in [-0.25, -0.2) is 4.98 Å². The largest absolute Gasteiger partial charge is 0.486 e. The quantitative estimate of drug-likeness (QED) is 0.335. The van der Waals surface area contributed by atoms with Crippen LogP contribution in [0.15, 0.2) is 52.4 Å². The normalized spacial score (nSPS) is 10.6. The zero-order valence-electron chi connectivity index (χ0n) is 15.5. The van der Waals surface area contributed by atoms with Crippen LogP contribution in [0.25, 0.3) is 0 Å². The van der Waals surface area contributed by atoms with Crippen molar-refractivity contribution >= 4 is 23.5 Å². The third-order valence-corrected chi connectivity index (χ3v) is 4.89. The molecule has 0 saturated heterocycles. The average Bonchev–Trinajstić information content (AvgIpc) is 3.33. The molecule has 0 aliphatic rings. The maximum absolute atomic E-state index is 12.1. The van der Waals surface area contributed by atoms with Crippen molar-refractivity contribution in [3.05, 3.63) is 59.7 Å². The second-order valence-electron chi connectivity index (χ2n) is 5.97. The van der Waals surface area contributed by atoms with E-state index >= 15 is 0 Å². The van der Waals surface area contributed by atoms with Gasteiger partial charge in [0.15, 0.2) is 22.4 Å². The molecule has 1 amide bonds. The molecule has 3 aromatic rings. The van der Waals surface area contributed by atoms with Crippen LogP contribution in [0.5, 0.6) is 5.75 Å². The predicted octanol–water partition coefficient (Wildman–Crippen LogP) is 2.71. The summed E-state index contributed by atoms with van der Waals surface area (Å²) in [5.41, 5.74) is 0.819. The van der Waals surface area contributed by atoms with E-state index in [0.717, 1.165) is 5.16 Å². The molecule has 2 heterocycles. The molecule has 1 aromatic carbocycles. The van der Waals surface area contributed by atoms with Crippen LogP contribution in [0.3, 0.4) is 0 Å². The standard InChI is InChI=1S/C19H20N4O4S/c1-13(24)14-3-5-15(6-4-14)26-12-16-11-17(22-27-16)18(25)20-8-10-28-19-21-7-9-23(19)2/h3-7,9,11H,8,10,12H2,1-2H3,(H,20,25). The Morgan fingerprint density at radius 3 is 2.75 bits per heavy atom. The van der Waals surface area contributed by atoms with E-state index in [1.165, 1.54) is 6.92 Å². The minimum atomic E-state index is -0.304. The van der Waals surface area contributed by atoms with Crippen molar-refractivity contribution in [3.8, 4) is 5.75 Å². The summed E-state index contributed by atoms with van der Waals surface area (Å²) in [7, 11) is 1.92. The first kappa shape index (κ1) is 19.7. The lowest BCUT2D eigenvalue weighted by atomic mass is 10.1. The Morgan fingerprint density at radius 2 is 2.07 bits per heavy atom. The third-order valence-electron chi connectivity index (χ3n) is 3.83. The van der Waals surface area contributed by atoms with Crippen LogP contribution in [0.4, 0.5) is 0 Å². The first-order valence-electron chi connectivity index (χ1n) is 8.60. The molecule has 0 atom stereocenters. The highest BCUT2D eigenvalue weighted by Gasteiger charge is 2.13. The van der Waals surface area contributed by atoms with Crippen molar-refractivity contribution in [1.82, 2.24) is 20.0 Å². The number of thioether (sulfide) groups is 1. The molecular weight excluding hydrogens is 380 g/mol. The van der Waals surface area contributed by atoms with Crippen LogP contribution < -0.4 is 10.1 Å². The number of carbonyl (C=O) groups excluding carboxylic acids is 2. The number of aromatic nitrogens is 3. The molecule has 0 fully saturated rings. The number of aryl methyl sites for hydroxylation is 1. The minimum Gasteiger partial charge on any atom is -0.486 e. The summed E-state index contributed by atoms with van der Waals surface area (Å²) in [6.07, 6.45) is 3.61. The highest BCUT2D eigenvalue weighted by atomic mass is 32.2. The lowest BCUT2D eigenvalue weighted by Gasteiger charge is -2.04. The fourth-order valence-corrected chi connectivity index (χ4v) is 3.10. The number of rotatable bonds is 9. The highest BCUT2D eigenvalue weighted by Crippen LogP contribution is 2.15. The molecule has 28 heavy (non-hydrogen) atoms. The van der Waals surface area contributed by atoms with E-state index in [0.29, 0.717) is 29.4 Å². The van der Waals surface area contributed by atoms with E-state index in [-0.39, 0.29) is 24.0 Å². The molecule has 0 radical (unpaired) electrons. The van der Waals surface area contributed by atoms with Crippen LogP contribution >= 0.6 is 11.8 Å². The van der Waals surface area contributed by atoms with Gasteiger partial charge in [0.1, 0.15) is 12.4 Å². The maximum atomic E-state index is 12.1. The predicted molar refractivity (Wildman–Crippen MR) is 104 cm³/mol. The molecule has 8 nitrogen and oxygen atoms in total. The lowest BCUT2D eigenvalue weighted by Crippen LogP contribution is -2.26. The van der Waals surface area contributed by atoms with Crippen molar-refractivity contribution < 1.29 is 18.8 Å². The van der Waals surface area contributed by atoms with Crippen molar-refractivity contribution in [2.24, 2.45) is 7.05 Å².